The van der Waals surface area contributed by atoms with Crippen molar-refractivity contribution in [1.82, 2.24) is 15.0 Å². The summed E-state index contributed by atoms with van der Waals surface area (Å²) in [6.45, 7) is -0.290. The summed E-state index contributed by atoms with van der Waals surface area (Å²) in [6, 6.07) is 4.63. The van der Waals surface area contributed by atoms with Crippen LogP contribution < -0.4 is 16.5 Å². The highest BCUT2D eigenvalue weighted by Crippen LogP contribution is 2.41. The summed E-state index contributed by atoms with van der Waals surface area (Å²) in [5, 5.41) is 14.2. The summed E-state index contributed by atoms with van der Waals surface area (Å²) in [6.07, 6.45) is -5.52. The van der Waals surface area contributed by atoms with Gasteiger partial charge in [0.15, 0.2) is 11.6 Å². The third kappa shape index (κ3) is 8.65. The second-order valence-electron chi connectivity index (χ2n) is 13.0. The number of alkyl halides is 6. The number of carbonyl (C=O) groups is 1. The van der Waals surface area contributed by atoms with Gasteiger partial charge >= 0.3 is 18.3 Å². The molecule has 2 fully saturated rings. The maximum Gasteiger partial charge on any atom is 0.416 e. The molecule has 3 aromatic rings. The molecule has 0 radical (unpaired) electrons. The SMILES string of the molecule is CN(N)/N=C(\N)N(Cc1cc(C(F)(F)F)cc(C(F)(F)F)c1)Cc1cc2cc(F)c(F)cc2nc1N1CCC[C@@H]1C1CCC(CC(=O)O)CC1. The summed E-state index contributed by atoms with van der Waals surface area (Å²) in [7, 11) is 1.32. The summed E-state index contributed by atoms with van der Waals surface area (Å²) in [4.78, 5) is 19.3. The van der Waals surface area contributed by atoms with Crippen molar-refractivity contribution in [2.24, 2.45) is 28.5 Å². The fourth-order valence-corrected chi connectivity index (χ4v) is 7.12. The summed E-state index contributed by atoms with van der Waals surface area (Å²) in [5.74, 6) is 2.83. The van der Waals surface area contributed by atoms with E-state index in [4.69, 9.17) is 16.6 Å². The molecule has 1 atom stereocenters. The monoisotopic (exact) mass is 715 g/mol. The zero-order chi connectivity index (χ0) is 36.5. The highest BCUT2D eigenvalue weighted by atomic mass is 19.4. The number of pyridine rings is 1. The number of halogens is 8. The van der Waals surface area contributed by atoms with Gasteiger partial charge in [0, 0.05) is 56.2 Å². The molecule has 50 heavy (non-hydrogen) atoms. The number of aliphatic carboxylic acids is 1. The molecule has 1 saturated heterocycles. The van der Waals surface area contributed by atoms with E-state index in [1.54, 1.807) is 6.07 Å². The Kier molecular flexibility index (Phi) is 10.6. The number of carboxylic acids is 1. The number of aromatic nitrogens is 1. The Bertz CT molecular complexity index is 1710. The topological polar surface area (TPSA) is 124 Å². The standard InChI is InChI=1S/C33H37F8N7O2/c1-46(43)45-31(42)47(16-19-9-23(32(36,37)38)14-24(10-19)33(39,40)41)17-22-12-21-13-25(34)26(35)15-27(21)44-30(22)48-8-2-3-28(48)20-6-4-18(5-7-20)11-29(49)50/h9-10,12-15,18,20,28H,2-8,11,16-17,43H2,1H3,(H2,42,45)(H,49,50)/t18?,20?,28-/m1/s1. The number of fused-ring (bicyclic) bond motifs is 1. The molecule has 1 aromatic heterocycles. The van der Waals surface area contributed by atoms with Crippen molar-refractivity contribution in [3.8, 4) is 0 Å². The molecule has 1 saturated carbocycles. The molecule has 2 heterocycles. The molecular weight excluding hydrogens is 678 g/mol. The van der Waals surface area contributed by atoms with Crippen molar-refractivity contribution in [2.75, 3.05) is 18.5 Å². The third-order valence-electron chi connectivity index (χ3n) is 9.35. The average molecular weight is 716 g/mol. The molecular formula is C33H37F8N7O2. The summed E-state index contributed by atoms with van der Waals surface area (Å²) in [5.41, 5.74) is 3.39. The van der Waals surface area contributed by atoms with E-state index in [-0.39, 0.29) is 59.3 Å². The fraction of sp³-hybridized carbons (Fsp3) is 0.485. The van der Waals surface area contributed by atoms with Crippen LogP contribution in [-0.2, 0) is 30.2 Å². The van der Waals surface area contributed by atoms with Crippen molar-refractivity contribution in [3.05, 3.63) is 70.3 Å². The fourth-order valence-electron chi connectivity index (χ4n) is 7.12. The van der Waals surface area contributed by atoms with Crippen LogP contribution in [0.2, 0.25) is 0 Å². The van der Waals surface area contributed by atoms with E-state index in [0.29, 0.717) is 30.1 Å². The van der Waals surface area contributed by atoms with Crippen molar-refractivity contribution in [2.45, 2.75) is 76.4 Å². The highest BCUT2D eigenvalue weighted by Gasteiger charge is 2.38. The summed E-state index contributed by atoms with van der Waals surface area (Å²) < 4.78 is 111. The Hall–Kier alpha value is -4.41. The van der Waals surface area contributed by atoms with Gasteiger partial charge < -0.3 is 20.6 Å². The van der Waals surface area contributed by atoms with Gasteiger partial charge in [0.05, 0.1) is 16.6 Å². The van der Waals surface area contributed by atoms with Crippen molar-refractivity contribution < 1.29 is 45.0 Å². The van der Waals surface area contributed by atoms with E-state index in [0.717, 1.165) is 55.8 Å². The molecule has 1 aliphatic heterocycles. The van der Waals surface area contributed by atoms with E-state index < -0.39 is 47.6 Å². The lowest BCUT2D eigenvalue weighted by molar-refractivity contribution is -0.143. The van der Waals surface area contributed by atoms with Gasteiger partial charge in [-0.3, -0.25) is 4.79 Å². The number of guanidine groups is 1. The van der Waals surface area contributed by atoms with Crippen LogP contribution in [0.25, 0.3) is 10.9 Å². The zero-order valence-corrected chi connectivity index (χ0v) is 27.0. The maximum absolute atomic E-state index is 14.4. The van der Waals surface area contributed by atoms with Crippen LogP contribution in [0.3, 0.4) is 0 Å². The first-order valence-electron chi connectivity index (χ1n) is 16.0. The molecule has 5 N–H and O–H groups in total. The van der Waals surface area contributed by atoms with Crippen molar-refractivity contribution in [1.29, 1.82) is 0 Å². The number of anilines is 1. The van der Waals surface area contributed by atoms with Crippen LogP contribution in [-0.4, -0.2) is 51.7 Å². The number of nitrogens with two attached hydrogens (primary N) is 2. The number of hydrogen-bond donors (Lipinski definition) is 3. The van der Waals surface area contributed by atoms with Crippen LogP contribution in [0, 0.1) is 23.5 Å². The highest BCUT2D eigenvalue weighted by molar-refractivity contribution is 5.83. The molecule has 2 aliphatic rings. The van der Waals surface area contributed by atoms with E-state index >= 15 is 0 Å². The van der Waals surface area contributed by atoms with E-state index in [1.165, 1.54) is 11.9 Å². The minimum Gasteiger partial charge on any atom is -0.481 e. The van der Waals surface area contributed by atoms with Gasteiger partial charge in [0.25, 0.3) is 0 Å². The van der Waals surface area contributed by atoms with Gasteiger partial charge in [-0.1, -0.05) is 0 Å². The quantitative estimate of drug-likeness (QED) is 0.0724. The van der Waals surface area contributed by atoms with Gasteiger partial charge in [-0.05, 0) is 86.3 Å². The lowest BCUT2D eigenvalue weighted by Crippen LogP contribution is -2.41. The number of hydrazone groups is 1. The van der Waals surface area contributed by atoms with E-state index in [1.807, 2.05) is 4.90 Å². The molecule has 9 nitrogen and oxygen atoms in total. The molecule has 0 unspecified atom stereocenters. The van der Waals surface area contributed by atoms with Crippen molar-refractivity contribution >= 4 is 28.6 Å². The van der Waals surface area contributed by atoms with Gasteiger partial charge in [-0.2, -0.15) is 26.3 Å². The Morgan fingerprint density at radius 1 is 0.940 bits per heavy atom. The van der Waals surface area contributed by atoms with Crippen LogP contribution in [0.4, 0.5) is 40.9 Å². The first kappa shape index (κ1) is 36.9. The molecule has 0 spiro atoms. The Morgan fingerprint density at radius 2 is 1.56 bits per heavy atom. The molecule has 5 rings (SSSR count). The minimum absolute atomic E-state index is 0.0284. The number of hydrogen-bond acceptors (Lipinski definition) is 6. The van der Waals surface area contributed by atoms with Crippen LogP contribution in [0.1, 0.15) is 67.2 Å². The van der Waals surface area contributed by atoms with Gasteiger partial charge in [0.1, 0.15) is 5.82 Å². The smallest absolute Gasteiger partial charge is 0.416 e. The van der Waals surface area contributed by atoms with E-state index in [9.17, 15) is 45.0 Å². The van der Waals surface area contributed by atoms with Gasteiger partial charge in [-0.25, -0.2) is 24.7 Å². The molecule has 1 aliphatic carbocycles. The lowest BCUT2D eigenvalue weighted by Gasteiger charge is -2.38. The lowest BCUT2D eigenvalue weighted by atomic mass is 9.76. The normalized spacial score (nSPS) is 20.4. The first-order chi connectivity index (χ1) is 23.4. The Balaban J connectivity index is 1.57. The second kappa shape index (κ2) is 14.4. The molecule has 0 amide bonds. The predicted octanol–water partition coefficient (Wildman–Crippen LogP) is 6.84. The largest absolute Gasteiger partial charge is 0.481 e. The molecule has 17 heteroatoms. The Labute approximate surface area is 282 Å². The number of rotatable bonds is 9. The van der Waals surface area contributed by atoms with Crippen LogP contribution in [0.15, 0.2) is 41.5 Å². The predicted molar refractivity (Wildman–Crippen MR) is 169 cm³/mol. The van der Waals surface area contributed by atoms with Crippen LogP contribution >= 0.6 is 0 Å². The Morgan fingerprint density at radius 3 is 2.14 bits per heavy atom. The van der Waals surface area contributed by atoms with E-state index in [2.05, 4.69) is 5.10 Å². The molecule has 0 bridgehead atoms. The number of benzene rings is 2. The number of hydrazine groups is 1. The zero-order valence-electron chi connectivity index (χ0n) is 27.0. The molecule has 272 valence electrons. The third-order valence-corrected chi connectivity index (χ3v) is 9.35. The van der Waals surface area contributed by atoms with Crippen molar-refractivity contribution in [3.63, 3.8) is 0 Å². The first-order valence-corrected chi connectivity index (χ1v) is 16.0. The molecule has 2 aromatic carbocycles. The van der Waals surface area contributed by atoms with Gasteiger partial charge in [0.2, 0.25) is 5.96 Å². The number of carboxylic acid groups (broad SMARTS) is 1. The van der Waals surface area contributed by atoms with Crippen LogP contribution in [0.5, 0.6) is 0 Å². The second-order valence-corrected chi connectivity index (χ2v) is 13.0. The maximum atomic E-state index is 14.4. The number of nitrogens with zero attached hydrogens (tertiary/aromatic N) is 5. The average Bonchev–Trinajstić information content (AvgIpc) is 3.50. The summed E-state index contributed by atoms with van der Waals surface area (Å²) >= 11 is 0. The minimum atomic E-state index is -5.08. The van der Waals surface area contributed by atoms with Gasteiger partial charge in [-0.15, -0.1) is 5.10 Å².